The van der Waals surface area contributed by atoms with Crippen molar-refractivity contribution in [2.24, 2.45) is 0 Å². The van der Waals surface area contributed by atoms with E-state index in [1.54, 1.807) is 12.4 Å². The van der Waals surface area contributed by atoms with Crippen LogP contribution in [0.4, 0.5) is 0 Å². The molecule has 1 aromatic heterocycles. The number of hydrogen-bond donors (Lipinski definition) is 1. The molecular formula is C18H25BrN2O. The van der Waals surface area contributed by atoms with Gasteiger partial charge in [0.05, 0.1) is 6.10 Å². The summed E-state index contributed by atoms with van der Waals surface area (Å²) in [6.45, 7) is 4.80. The molecule has 4 heteroatoms. The molecule has 1 aromatic carbocycles. The van der Waals surface area contributed by atoms with E-state index in [0.717, 1.165) is 31.5 Å². The molecule has 0 bridgehead atoms. The summed E-state index contributed by atoms with van der Waals surface area (Å²) in [6.07, 6.45) is 5.11. The average Bonchev–Trinajstić information content (AvgIpc) is 2.54. The number of aliphatic hydroxyl groups excluding tert-OH is 1. The number of aromatic nitrogens is 1. The first kappa shape index (κ1) is 18.8. The Balaban J connectivity index is 0.00000242. The molecule has 0 aliphatic carbocycles. The number of pyridine rings is 1. The van der Waals surface area contributed by atoms with Gasteiger partial charge < -0.3 is 10.0 Å². The average molecular weight is 365 g/mol. The molecule has 1 unspecified atom stereocenters. The van der Waals surface area contributed by atoms with Crippen LogP contribution in [0.3, 0.4) is 0 Å². The monoisotopic (exact) mass is 364 g/mol. The van der Waals surface area contributed by atoms with Crippen LogP contribution >= 0.6 is 17.0 Å². The highest BCUT2D eigenvalue weighted by molar-refractivity contribution is 8.93. The maximum atomic E-state index is 10.3. The lowest BCUT2D eigenvalue weighted by atomic mass is 10.1. The molecule has 2 aromatic rings. The maximum Gasteiger partial charge on any atom is 0.0931 e. The van der Waals surface area contributed by atoms with E-state index in [1.807, 2.05) is 18.2 Å². The number of hydrogen-bond acceptors (Lipinski definition) is 3. The van der Waals surface area contributed by atoms with Gasteiger partial charge in [-0.1, -0.05) is 43.3 Å². The topological polar surface area (TPSA) is 36.4 Å². The van der Waals surface area contributed by atoms with Gasteiger partial charge in [-0.15, -0.1) is 17.0 Å². The Labute approximate surface area is 143 Å². The Morgan fingerprint density at radius 2 is 1.86 bits per heavy atom. The van der Waals surface area contributed by atoms with Crippen molar-refractivity contribution in [2.45, 2.75) is 25.9 Å². The molecule has 3 nitrogen and oxygen atoms in total. The second-order valence-corrected chi connectivity index (χ2v) is 5.34. The Kier molecular flexibility index (Phi) is 8.97. The summed E-state index contributed by atoms with van der Waals surface area (Å²) in [5, 5.41) is 10.3. The Morgan fingerprint density at radius 1 is 1.09 bits per heavy atom. The van der Waals surface area contributed by atoms with Crippen LogP contribution in [-0.2, 0) is 6.42 Å². The zero-order valence-electron chi connectivity index (χ0n) is 13.1. The van der Waals surface area contributed by atoms with Crippen LogP contribution in [0, 0.1) is 0 Å². The van der Waals surface area contributed by atoms with Crippen molar-refractivity contribution in [1.82, 2.24) is 9.88 Å². The summed E-state index contributed by atoms with van der Waals surface area (Å²) in [5.41, 5.74) is 2.23. The van der Waals surface area contributed by atoms with Crippen molar-refractivity contribution < 1.29 is 5.11 Å². The van der Waals surface area contributed by atoms with E-state index in [1.165, 1.54) is 5.56 Å². The van der Waals surface area contributed by atoms with Crippen molar-refractivity contribution in [1.29, 1.82) is 0 Å². The summed E-state index contributed by atoms with van der Waals surface area (Å²) in [4.78, 5) is 6.40. The molecule has 1 atom stereocenters. The third-order valence-corrected chi connectivity index (χ3v) is 3.60. The molecule has 0 aliphatic rings. The molecule has 0 saturated heterocycles. The Hall–Kier alpha value is -1.23. The van der Waals surface area contributed by atoms with Crippen molar-refractivity contribution in [3.05, 3.63) is 66.0 Å². The first-order valence-corrected chi connectivity index (χ1v) is 7.64. The predicted octanol–water partition coefficient (Wildman–Crippen LogP) is 3.65. The molecule has 1 heterocycles. The van der Waals surface area contributed by atoms with Crippen LogP contribution in [-0.4, -0.2) is 34.6 Å². The van der Waals surface area contributed by atoms with Crippen LogP contribution in [0.5, 0.6) is 0 Å². The molecular weight excluding hydrogens is 340 g/mol. The molecule has 0 radical (unpaired) electrons. The minimum absolute atomic E-state index is 0. The highest BCUT2D eigenvalue weighted by Crippen LogP contribution is 2.13. The van der Waals surface area contributed by atoms with Gasteiger partial charge in [-0.05, 0) is 31.0 Å². The van der Waals surface area contributed by atoms with Gasteiger partial charge in [0, 0.05) is 31.0 Å². The van der Waals surface area contributed by atoms with Crippen molar-refractivity contribution in [2.75, 3.05) is 19.6 Å². The number of aliphatic hydroxyl groups is 1. The first-order chi connectivity index (χ1) is 10.3. The van der Waals surface area contributed by atoms with Gasteiger partial charge in [-0.25, -0.2) is 0 Å². The fraction of sp³-hybridized carbons (Fsp3) is 0.389. The zero-order valence-corrected chi connectivity index (χ0v) is 14.8. The summed E-state index contributed by atoms with van der Waals surface area (Å²) in [7, 11) is 0. The van der Waals surface area contributed by atoms with E-state index >= 15 is 0 Å². The van der Waals surface area contributed by atoms with Gasteiger partial charge in [0.1, 0.15) is 0 Å². The van der Waals surface area contributed by atoms with Crippen molar-refractivity contribution in [3.63, 3.8) is 0 Å². The Morgan fingerprint density at radius 3 is 2.50 bits per heavy atom. The smallest absolute Gasteiger partial charge is 0.0931 e. The van der Waals surface area contributed by atoms with E-state index in [2.05, 4.69) is 41.1 Å². The van der Waals surface area contributed by atoms with Crippen LogP contribution in [0.25, 0.3) is 0 Å². The second-order valence-electron chi connectivity index (χ2n) is 5.34. The van der Waals surface area contributed by atoms with Gasteiger partial charge in [0.15, 0.2) is 0 Å². The molecule has 0 fully saturated rings. The largest absolute Gasteiger partial charge is 0.387 e. The molecule has 0 amide bonds. The third kappa shape index (κ3) is 6.26. The zero-order chi connectivity index (χ0) is 14.9. The summed E-state index contributed by atoms with van der Waals surface area (Å²) in [5.74, 6) is 0. The number of nitrogens with zero attached hydrogens (tertiary/aromatic N) is 2. The maximum absolute atomic E-state index is 10.3. The quantitative estimate of drug-likeness (QED) is 0.776. The predicted molar refractivity (Wildman–Crippen MR) is 96.4 cm³/mol. The molecule has 0 spiro atoms. The van der Waals surface area contributed by atoms with Crippen molar-refractivity contribution >= 4 is 17.0 Å². The minimum atomic E-state index is -0.471. The highest BCUT2D eigenvalue weighted by Gasteiger charge is 2.13. The van der Waals surface area contributed by atoms with E-state index in [0.29, 0.717) is 6.54 Å². The fourth-order valence-electron chi connectivity index (χ4n) is 2.47. The van der Waals surface area contributed by atoms with Crippen LogP contribution in [0.15, 0.2) is 54.9 Å². The second kappa shape index (κ2) is 10.5. The molecule has 120 valence electrons. The first-order valence-electron chi connectivity index (χ1n) is 7.64. The fourth-order valence-corrected chi connectivity index (χ4v) is 2.47. The van der Waals surface area contributed by atoms with Crippen LogP contribution < -0.4 is 0 Å². The van der Waals surface area contributed by atoms with Gasteiger partial charge in [-0.3, -0.25) is 4.98 Å². The summed E-state index contributed by atoms with van der Waals surface area (Å²) in [6, 6.07) is 14.3. The lowest BCUT2D eigenvalue weighted by Gasteiger charge is -2.24. The molecule has 22 heavy (non-hydrogen) atoms. The van der Waals surface area contributed by atoms with Gasteiger partial charge in [0.25, 0.3) is 0 Å². The standard InChI is InChI=1S/C18H24N2O.BrH/c1-2-12-20(13-10-16-7-4-3-5-8-16)15-18(21)17-9-6-11-19-14-17;/h3-9,11,14,18,21H,2,10,12-13,15H2,1H3;1H. The SMILES string of the molecule is Br.CCCN(CCc1ccccc1)CC(O)c1cccnc1. The lowest BCUT2D eigenvalue weighted by Crippen LogP contribution is -2.31. The lowest BCUT2D eigenvalue weighted by molar-refractivity contribution is 0.113. The minimum Gasteiger partial charge on any atom is -0.387 e. The molecule has 0 aliphatic heterocycles. The van der Waals surface area contributed by atoms with Crippen LogP contribution in [0.2, 0.25) is 0 Å². The Bertz CT molecular complexity index is 507. The number of benzene rings is 1. The number of halogens is 1. The number of rotatable bonds is 8. The van der Waals surface area contributed by atoms with Gasteiger partial charge in [0.2, 0.25) is 0 Å². The van der Waals surface area contributed by atoms with E-state index in [4.69, 9.17) is 0 Å². The third-order valence-electron chi connectivity index (χ3n) is 3.60. The normalized spacial score (nSPS) is 12.0. The van der Waals surface area contributed by atoms with Gasteiger partial charge >= 0.3 is 0 Å². The van der Waals surface area contributed by atoms with E-state index in [9.17, 15) is 5.11 Å². The highest BCUT2D eigenvalue weighted by atomic mass is 79.9. The summed E-state index contributed by atoms with van der Waals surface area (Å²) >= 11 is 0. The van der Waals surface area contributed by atoms with E-state index < -0.39 is 6.10 Å². The van der Waals surface area contributed by atoms with Gasteiger partial charge in [-0.2, -0.15) is 0 Å². The summed E-state index contributed by atoms with van der Waals surface area (Å²) < 4.78 is 0. The molecule has 1 N–H and O–H groups in total. The molecule has 2 rings (SSSR count). The molecule has 0 saturated carbocycles. The van der Waals surface area contributed by atoms with E-state index in [-0.39, 0.29) is 17.0 Å². The van der Waals surface area contributed by atoms with Crippen molar-refractivity contribution in [3.8, 4) is 0 Å². The van der Waals surface area contributed by atoms with Crippen LogP contribution in [0.1, 0.15) is 30.6 Å².